The average Bonchev–Trinajstić information content (AvgIpc) is 2.60. The van der Waals surface area contributed by atoms with Crippen molar-refractivity contribution in [3.8, 4) is 0 Å². The predicted molar refractivity (Wildman–Crippen MR) is 76.7 cm³/mol. The van der Waals surface area contributed by atoms with Crippen LogP contribution in [0.1, 0.15) is 33.1 Å². The number of hydrogen-bond donors (Lipinski definition) is 1. The molecule has 18 heavy (non-hydrogen) atoms. The normalized spacial score (nSPS) is 36.5. The first-order valence-electron chi connectivity index (χ1n) is 7.18. The molecule has 0 bridgehead atoms. The van der Waals surface area contributed by atoms with Gasteiger partial charge in [0.1, 0.15) is 0 Å². The number of nitrogens with zero attached hydrogens (tertiary/aromatic N) is 3. The number of hydrogen-bond acceptors (Lipinski definition) is 4. The van der Waals surface area contributed by atoms with E-state index in [0.717, 1.165) is 31.5 Å². The third kappa shape index (κ3) is 2.35. The first-order chi connectivity index (χ1) is 8.45. The van der Waals surface area contributed by atoms with Crippen molar-refractivity contribution in [3.05, 3.63) is 0 Å². The summed E-state index contributed by atoms with van der Waals surface area (Å²) in [6, 6.07) is 0. The smallest absolute Gasteiger partial charge is 0.191 e. The Morgan fingerprint density at radius 2 is 2.11 bits per heavy atom. The van der Waals surface area contributed by atoms with Gasteiger partial charge >= 0.3 is 0 Å². The van der Waals surface area contributed by atoms with Gasteiger partial charge in [-0.25, -0.2) is 0 Å². The molecule has 0 aromatic carbocycles. The fraction of sp³-hybridized carbons (Fsp3) is 0.929. The van der Waals surface area contributed by atoms with Crippen LogP contribution in [0.15, 0.2) is 4.99 Å². The maximum atomic E-state index is 6.14. The van der Waals surface area contributed by atoms with E-state index in [-0.39, 0.29) is 5.54 Å². The van der Waals surface area contributed by atoms with Crippen molar-refractivity contribution in [2.75, 3.05) is 33.7 Å². The van der Waals surface area contributed by atoms with Crippen LogP contribution in [0.4, 0.5) is 0 Å². The molecule has 0 saturated heterocycles. The van der Waals surface area contributed by atoms with Crippen LogP contribution in [-0.2, 0) is 0 Å². The SMILES string of the molecule is CC1CCC(C)C2(CN=C(N)N2CCN(C)C)C1. The molecule has 3 atom stereocenters. The van der Waals surface area contributed by atoms with E-state index in [1.807, 2.05) is 0 Å². The van der Waals surface area contributed by atoms with E-state index in [4.69, 9.17) is 5.73 Å². The molecule has 1 fully saturated rings. The van der Waals surface area contributed by atoms with Crippen LogP contribution in [0.25, 0.3) is 0 Å². The summed E-state index contributed by atoms with van der Waals surface area (Å²) in [5.41, 5.74) is 6.34. The van der Waals surface area contributed by atoms with Crippen LogP contribution in [0, 0.1) is 11.8 Å². The Hall–Kier alpha value is -0.770. The zero-order valence-corrected chi connectivity index (χ0v) is 12.3. The molecule has 1 spiro atoms. The van der Waals surface area contributed by atoms with Crippen molar-refractivity contribution in [2.45, 2.75) is 38.6 Å². The monoisotopic (exact) mass is 252 g/mol. The minimum Gasteiger partial charge on any atom is -0.370 e. The zero-order chi connectivity index (χ0) is 13.3. The van der Waals surface area contributed by atoms with Crippen LogP contribution < -0.4 is 5.73 Å². The van der Waals surface area contributed by atoms with Gasteiger partial charge in [0.25, 0.3) is 0 Å². The van der Waals surface area contributed by atoms with E-state index in [1.54, 1.807) is 0 Å². The summed E-state index contributed by atoms with van der Waals surface area (Å²) >= 11 is 0. The van der Waals surface area contributed by atoms with Gasteiger partial charge in [-0.05, 0) is 38.8 Å². The number of rotatable bonds is 3. The van der Waals surface area contributed by atoms with Gasteiger partial charge in [-0.15, -0.1) is 0 Å². The Morgan fingerprint density at radius 3 is 2.78 bits per heavy atom. The lowest BCUT2D eigenvalue weighted by Gasteiger charge is -2.48. The average molecular weight is 252 g/mol. The topological polar surface area (TPSA) is 44.9 Å². The molecule has 0 radical (unpaired) electrons. The predicted octanol–water partition coefficient (Wildman–Crippen LogP) is 1.37. The highest BCUT2D eigenvalue weighted by molar-refractivity contribution is 5.81. The second-order valence-corrected chi connectivity index (χ2v) is 6.52. The lowest BCUT2D eigenvalue weighted by Crippen LogP contribution is -2.59. The highest BCUT2D eigenvalue weighted by Crippen LogP contribution is 2.43. The Balaban J connectivity index is 2.14. The molecule has 104 valence electrons. The van der Waals surface area contributed by atoms with Crippen molar-refractivity contribution in [2.24, 2.45) is 22.6 Å². The lowest BCUT2D eigenvalue weighted by molar-refractivity contribution is 0.0547. The van der Waals surface area contributed by atoms with Gasteiger partial charge in [0, 0.05) is 13.1 Å². The van der Waals surface area contributed by atoms with E-state index in [0.29, 0.717) is 5.92 Å². The number of nitrogens with two attached hydrogens (primary N) is 1. The molecular weight excluding hydrogens is 224 g/mol. The summed E-state index contributed by atoms with van der Waals surface area (Å²) in [5.74, 6) is 2.25. The van der Waals surface area contributed by atoms with Crippen molar-refractivity contribution < 1.29 is 0 Å². The Bertz CT molecular complexity index is 326. The second-order valence-electron chi connectivity index (χ2n) is 6.52. The summed E-state index contributed by atoms with van der Waals surface area (Å²) in [5, 5.41) is 0. The Labute approximate surface area is 111 Å². The second kappa shape index (κ2) is 5.08. The lowest BCUT2D eigenvalue weighted by atomic mass is 9.69. The first-order valence-corrected chi connectivity index (χ1v) is 7.18. The Kier molecular flexibility index (Phi) is 3.85. The van der Waals surface area contributed by atoms with Gasteiger partial charge in [-0.3, -0.25) is 4.99 Å². The minimum atomic E-state index is 0.206. The van der Waals surface area contributed by atoms with Gasteiger partial charge in [0.2, 0.25) is 0 Å². The molecule has 2 N–H and O–H groups in total. The highest BCUT2D eigenvalue weighted by atomic mass is 15.4. The highest BCUT2D eigenvalue weighted by Gasteiger charge is 2.48. The number of aliphatic imine (C=N–C) groups is 1. The summed E-state index contributed by atoms with van der Waals surface area (Å²) in [4.78, 5) is 9.17. The van der Waals surface area contributed by atoms with Crippen LogP contribution in [0.5, 0.6) is 0 Å². The fourth-order valence-corrected chi connectivity index (χ4v) is 3.56. The molecular formula is C14H28N4. The summed E-state index contributed by atoms with van der Waals surface area (Å²) in [6.45, 7) is 7.69. The fourth-order valence-electron chi connectivity index (χ4n) is 3.56. The summed E-state index contributed by atoms with van der Waals surface area (Å²) in [7, 11) is 4.23. The van der Waals surface area contributed by atoms with Crippen molar-refractivity contribution in [3.63, 3.8) is 0 Å². The molecule has 4 heteroatoms. The third-order valence-electron chi connectivity index (χ3n) is 4.81. The standard InChI is InChI=1S/C14H28N4/c1-11-5-6-12(2)14(9-11)10-16-13(15)18(14)8-7-17(3)4/h11-12H,5-10H2,1-4H3,(H2,15,16). The number of likely N-dealkylation sites (N-methyl/N-ethyl adjacent to an activating group) is 1. The van der Waals surface area contributed by atoms with Crippen LogP contribution in [0.2, 0.25) is 0 Å². The molecule has 0 aromatic rings. The van der Waals surface area contributed by atoms with E-state index < -0.39 is 0 Å². The molecule has 2 rings (SSSR count). The third-order valence-corrected chi connectivity index (χ3v) is 4.81. The van der Waals surface area contributed by atoms with Gasteiger partial charge in [0.15, 0.2) is 5.96 Å². The van der Waals surface area contributed by atoms with Gasteiger partial charge in [-0.2, -0.15) is 0 Å². The van der Waals surface area contributed by atoms with E-state index in [9.17, 15) is 0 Å². The van der Waals surface area contributed by atoms with E-state index in [2.05, 4.69) is 42.7 Å². The molecule has 1 aliphatic heterocycles. The van der Waals surface area contributed by atoms with Gasteiger partial charge in [-0.1, -0.05) is 20.3 Å². The maximum absolute atomic E-state index is 6.14. The molecule has 2 aliphatic rings. The minimum absolute atomic E-state index is 0.206. The summed E-state index contributed by atoms with van der Waals surface area (Å²) in [6.07, 6.45) is 3.90. The largest absolute Gasteiger partial charge is 0.370 e. The van der Waals surface area contributed by atoms with Crippen molar-refractivity contribution in [1.82, 2.24) is 9.80 Å². The van der Waals surface area contributed by atoms with Crippen molar-refractivity contribution >= 4 is 5.96 Å². The molecule has 3 unspecified atom stereocenters. The van der Waals surface area contributed by atoms with Crippen LogP contribution >= 0.6 is 0 Å². The summed E-state index contributed by atoms with van der Waals surface area (Å²) < 4.78 is 0. The zero-order valence-electron chi connectivity index (χ0n) is 12.3. The van der Waals surface area contributed by atoms with Crippen molar-refractivity contribution in [1.29, 1.82) is 0 Å². The Morgan fingerprint density at radius 1 is 1.39 bits per heavy atom. The van der Waals surface area contributed by atoms with Crippen LogP contribution in [0.3, 0.4) is 0 Å². The van der Waals surface area contributed by atoms with E-state index >= 15 is 0 Å². The molecule has 0 aromatic heterocycles. The molecule has 1 heterocycles. The molecule has 1 aliphatic carbocycles. The maximum Gasteiger partial charge on any atom is 0.191 e. The molecule has 1 saturated carbocycles. The quantitative estimate of drug-likeness (QED) is 0.825. The molecule has 0 amide bonds. The number of guanidine groups is 1. The van der Waals surface area contributed by atoms with E-state index in [1.165, 1.54) is 19.3 Å². The first kappa shape index (κ1) is 13.7. The van der Waals surface area contributed by atoms with Gasteiger partial charge in [0.05, 0.1) is 12.1 Å². The molecule has 4 nitrogen and oxygen atoms in total. The van der Waals surface area contributed by atoms with Gasteiger partial charge < -0.3 is 15.5 Å². The van der Waals surface area contributed by atoms with Crippen LogP contribution in [-0.4, -0.2) is 55.0 Å².